The molecule has 0 amide bonds. The molecule has 150 valence electrons. The van der Waals surface area contributed by atoms with Gasteiger partial charge in [-0.2, -0.15) is 9.29 Å². The zero-order chi connectivity index (χ0) is 19.4. The lowest BCUT2D eigenvalue weighted by Gasteiger charge is -2.40. The van der Waals surface area contributed by atoms with Crippen molar-refractivity contribution < 1.29 is 12.9 Å². The third-order valence-electron chi connectivity index (χ3n) is 6.63. The summed E-state index contributed by atoms with van der Waals surface area (Å²) < 4.78 is 33.9. The van der Waals surface area contributed by atoms with Crippen molar-refractivity contribution in [1.29, 1.82) is 0 Å². The maximum absolute atomic E-state index is 13.5. The Hall–Kier alpha value is -1.73. The summed E-state index contributed by atoms with van der Waals surface area (Å²) in [5, 5.41) is 4.22. The SMILES string of the molecule is Cc1nc(C2(CC3CC3)CCCN(S(=O)(=O)c3ccc4c(c3)CCC4)C2)no1. The number of piperidine rings is 1. The molecule has 2 fully saturated rings. The van der Waals surface area contributed by atoms with Crippen LogP contribution in [-0.2, 0) is 28.3 Å². The minimum Gasteiger partial charge on any atom is -0.340 e. The van der Waals surface area contributed by atoms with Crippen LogP contribution in [0.15, 0.2) is 27.6 Å². The van der Waals surface area contributed by atoms with Crippen LogP contribution in [0.2, 0.25) is 0 Å². The van der Waals surface area contributed by atoms with Gasteiger partial charge >= 0.3 is 0 Å². The average molecular weight is 402 g/mol. The predicted octanol–water partition coefficient (Wildman–Crippen LogP) is 3.39. The number of hydrogen-bond acceptors (Lipinski definition) is 5. The van der Waals surface area contributed by atoms with E-state index in [1.54, 1.807) is 17.3 Å². The molecular weight excluding hydrogens is 374 g/mol. The van der Waals surface area contributed by atoms with Crippen LogP contribution in [0.4, 0.5) is 0 Å². The molecular formula is C21H27N3O3S. The Bertz CT molecular complexity index is 996. The molecule has 1 atom stereocenters. The van der Waals surface area contributed by atoms with Crippen molar-refractivity contribution in [2.45, 2.75) is 68.6 Å². The summed E-state index contributed by atoms with van der Waals surface area (Å²) in [4.78, 5) is 4.95. The molecule has 3 aliphatic rings. The van der Waals surface area contributed by atoms with Crippen LogP contribution in [-0.4, -0.2) is 36.0 Å². The highest BCUT2D eigenvalue weighted by Crippen LogP contribution is 2.46. The van der Waals surface area contributed by atoms with E-state index >= 15 is 0 Å². The summed E-state index contributed by atoms with van der Waals surface area (Å²) in [6.45, 7) is 2.80. The third-order valence-corrected chi connectivity index (χ3v) is 8.47. The summed E-state index contributed by atoms with van der Waals surface area (Å²) in [5.74, 6) is 1.89. The van der Waals surface area contributed by atoms with Gasteiger partial charge < -0.3 is 4.52 Å². The Kier molecular flexibility index (Phi) is 4.36. The fourth-order valence-corrected chi connectivity index (χ4v) is 6.60. The van der Waals surface area contributed by atoms with E-state index in [1.807, 2.05) is 12.1 Å². The lowest BCUT2D eigenvalue weighted by Crippen LogP contribution is -2.49. The maximum Gasteiger partial charge on any atom is 0.243 e. The number of aromatic nitrogens is 2. The molecule has 0 radical (unpaired) electrons. The van der Waals surface area contributed by atoms with Crippen molar-refractivity contribution in [2.75, 3.05) is 13.1 Å². The Balaban J connectivity index is 1.48. The van der Waals surface area contributed by atoms with Crippen LogP contribution in [0.25, 0.3) is 0 Å². The van der Waals surface area contributed by atoms with Crippen molar-refractivity contribution in [3.05, 3.63) is 41.0 Å². The smallest absolute Gasteiger partial charge is 0.243 e. The van der Waals surface area contributed by atoms with E-state index in [0.29, 0.717) is 35.6 Å². The second-order valence-electron chi connectivity index (χ2n) is 8.79. The first kappa shape index (κ1) is 18.3. The van der Waals surface area contributed by atoms with Crippen molar-refractivity contribution in [1.82, 2.24) is 14.4 Å². The molecule has 28 heavy (non-hydrogen) atoms. The van der Waals surface area contributed by atoms with Gasteiger partial charge in [-0.15, -0.1) is 0 Å². The monoisotopic (exact) mass is 401 g/mol. The van der Waals surface area contributed by atoms with E-state index in [0.717, 1.165) is 38.5 Å². The van der Waals surface area contributed by atoms with Gasteiger partial charge in [-0.1, -0.05) is 24.1 Å². The summed E-state index contributed by atoms with van der Waals surface area (Å²) >= 11 is 0. The van der Waals surface area contributed by atoms with E-state index in [1.165, 1.54) is 24.0 Å². The molecule has 1 aliphatic heterocycles. The summed E-state index contributed by atoms with van der Waals surface area (Å²) in [5.41, 5.74) is 2.15. The lowest BCUT2D eigenvalue weighted by atomic mass is 9.75. The molecule has 7 heteroatoms. The Morgan fingerprint density at radius 2 is 2.04 bits per heavy atom. The van der Waals surface area contributed by atoms with Gasteiger partial charge in [0.25, 0.3) is 0 Å². The van der Waals surface area contributed by atoms with Gasteiger partial charge in [0, 0.05) is 25.4 Å². The molecule has 2 aromatic rings. The first-order valence-electron chi connectivity index (χ1n) is 10.4. The predicted molar refractivity (Wildman–Crippen MR) is 105 cm³/mol. The number of nitrogens with zero attached hydrogens (tertiary/aromatic N) is 3. The van der Waals surface area contributed by atoms with Gasteiger partial charge in [0.2, 0.25) is 15.9 Å². The molecule has 0 N–H and O–H groups in total. The Morgan fingerprint density at radius 1 is 1.21 bits per heavy atom. The maximum atomic E-state index is 13.5. The zero-order valence-corrected chi connectivity index (χ0v) is 17.2. The van der Waals surface area contributed by atoms with Gasteiger partial charge in [0.1, 0.15) is 0 Å². The van der Waals surface area contributed by atoms with Crippen LogP contribution < -0.4 is 0 Å². The van der Waals surface area contributed by atoms with Crippen molar-refractivity contribution in [3.8, 4) is 0 Å². The minimum atomic E-state index is -3.52. The second kappa shape index (κ2) is 6.66. The minimum absolute atomic E-state index is 0.332. The number of hydrogen-bond donors (Lipinski definition) is 0. The molecule has 0 bridgehead atoms. The van der Waals surface area contributed by atoms with E-state index in [4.69, 9.17) is 4.52 Å². The molecule has 2 heterocycles. The Morgan fingerprint density at radius 3 is 2.79 bits per heavy atom. The fraction of sp³-hybridized carbons (Fsp3) is 0.619. The highest BCUT2D eigenvalue weighted by atomic mass is 32.2. The molecule has 5 rings (SSSR count). The quantitative estimate of drug-likeness (QED) is 0.768. The zero-order valence-electron chi connectivity index (χ0n) is 16.4. The number of fused-ring (bicyclic) bond motifs is 1. The second-order valence-corrected chi connectivity index (χ2v) is 10.7. The fourth-order valence-electron chi connectivity index (χ4n) is 4.98. The van der Waals surface area contributed by atoms with Crippen molar-refractivity contribution in [2.24, 2.45) is 5.92 Å². The van der Waals surface area contributed by atoms with Crippen molar-refractivity contribution >= 4 is 10.0 Å². The third kappa shape index (κ3) is 3.18. The highest BCUT2D eigenvalue weighted by Gasteiger charge is 2.47. The molecule has 1 saturated heterocycles. The van der Waals surface area contributed by atoms with Crippen LogP contribution in [0, 0.1) is 12.8 Å². The van der Waals surface area contributed by atoms with E-state index in [2.05, 4.69) is 10.1 Å². The average Bonchev–Trinajstić information content (AvgIpc) is 3.17. The standard InChI is InChI=1S/C21H27N3O3S/c1-15-22-20(23-27-15)21(13-16-6-7-16)10-3-11-24(14-21)28(25,26)19-9-8-17-4-2-5-18(17)12-19/h8-9,12,16H,2-7,10-11,13-14H2,1H3. The summed E-state index contributed by atoms with van der Waals surface area (Å²) in [7, 11) is -3.52. The van der Waals surface area contributed by atoms with Gasteiger partial charge in [0.15, 0.2) is 5.82 Å². The lowest BCUT2D eigenvalue weighted by molar-refractivity contribution is 0.190. The van der Waals surface area contributed by atoms with Crippen LogP contribution in [0.1, 0.15) is 61.4 Å². The number of sulfonamides is 1. The highest BCUT2D eigenvalue weighted by molar-refractivity contribution is 7.89. The largest absolute Gasteiger partial charge is 0.340 e. The van der Waals surface area contributed by atoms with Gasteiger partial charge in [-0.3, -0.25) is 0 Å². The van der Waals surface area contributed by atoms with Gasteiger partial charge in [-0.05, 0) is 67.7 Å². The molecule has 1 aromatic carbocycles. The first-order valence-corrected chi connectivity index (χ1v) is 11.8. The normalized spacial score (nSPS) is 25.8. The Labute approximate surface area is 166 Å². The molecule has 0 spiro atoms. The summed E-state index contributed by atoms with van der Waals surface area (Å²) in [6.07, 6.45) is 8.27. The van der Waals surface area contributed by atoms with Crippen LogP contribution in [0.3, 0.4) is 0 Å². The topological polar surface area (TPSA) is 76.3 Å². The van der Waals surface area contributed by atoms with Crippen molar-refractivity contribution in [3.63, 3.8) is 0 Å². The number of rotatable bonds is 5. The van der Waals surface area contributed by atoms with E-state index in [9.17, 15) is 8.42 Å². The molecule has 2 aliphatic carbocycles. The first-order chi connectivity index (χ1) is 13.5. The molecule has 6 nitrogen and oxygen atoms in total. The van der Waals surface area contributed by atoms with E-state index < -0.39 is 10.0 Å². The molecule has 1 aromatic heterocycles. The molecule has 1 saturated carbocycles. The van der Waals surface area contributed by atoms with Gasteiger partial charge in [-0.25, -0.2) is 8.42 Å². The number of benzene rings is 1. The van der Waals surface area contributed by atoms with E-state index in [-0.39, 0.29) is 5.41 Å². The number of aryl methyl sites for hydroxylation is 3. The summed E-state index contributed by atoms with van der Waals surface area (Å²) in [6, 6.07) is 5.68. The van der Waals surface area contributed by atoms with Gasteiger partial charge in [0.05, 0.1) is 4.90 Å². The molecule has 1 unspecified atom stereocenters. The van der Waals surface area contributed by atoms with Crippen LogP contribution in [0.5, 0.6) is 0 Å². The van der Waals surface area contributed by atoms with Crippen LogP contribution >= 0.6 is 0 Å².